The van der Waals surface area contributed by atoms with E-state index >= 15 is 0 Å². The third kappa shape index (κ3) is 4.10. The first kappa shape index (κ1) is 17.7. The molecule has 2 atom stereocenters. The highest BCUT2D eigenvalue weighted by Gasteiger charge is 2.26. The lowest BCUT2D eigenvalue weighted by Gasteiger charge is -2.32. The summed E-state index contributed by atoms with van der Waals surface area (Å²) in [4.78, 5) is 16.1. The summed E-state index contributed by atoms with van der Waals surface area (Å²) in [6.45, 7) is 0.793. The molecule has 1 aliphatic rings. The van der Waals surface area contributed by atoms with Crippen molar-refractivity contribution < 1.29 is 4.74 Å². The molecule has 1 N–H and O–H groups in total. The fourth-order valence-corrected chi connectivity index (χ4v) is 3.66. The zero-order chi connectivity index (χ0) is 17.8. The van der Waals surface area contributed by atoms with E-state index < -0.39 is 0 Å². The van der Waals surface area contributed by atoms with Crippen molar-refractivity contribution in [1.29, 1.82) is 0 Å². The first-order valence-electron chi connectivity index (χ1n) is 8.89. The van der Waals surface area contributed by atoms with E-state index in [1.807, 2.05) is 12.1 Å². The summed E-state index contributed by atoms with van der Waals surface area (Å²) in [7, 11) is 5.15. The standard InChI is InChI=1S/C18H27N5O2/c1-22-16(21-23(2)18(22)24)11-14-6-4-5-7-15(14)20-12-13-8-9-19-17(10-13)25-3/h8-10,14-15,20H,4-7,11-12H2,1-3H3/t14-,15-/m1/s1. The van der Waals surface area contributed by atoms with Crippen LogP contribution >= 0.6 is 0 Å². The van der Waals surface area contributed by atoms with E-state index in [1.54, 1.807) is 32.0 Å². The monoisotopic (exact) mass is 345 g/mol. The molecule has 0 unspecified atom stereocenters. The number of pyridine rings is 1. The van der Waals surface area contributed by atoms with Crippen LogP contribution in [0.4, 0.5) is 0 Å². The molecular formula is C18H27N5O2. The van der Waals surface area contributed by atoms with Crippen LogP contribution in [-0.4, -0.2) is 32.5 Å². The number of methoxy groups -OCH3 is 1. The van der Waals surface area contributed by atoms with Crippen LogP contribution in [0.2, 0.25) is 0 Å². The fourth-order valence-electron chi connectivity index (χ4n) is 3.66. The second-order valence-electron chi connectivity index (χ2n) is 6.82. The Bertz CT molecular complexity index is 767. The van der Waals surface area contributed by atoms with E-state index in [4.69, 9.17) is 4.74 Å². The zero-order valence-corrected chi connectivity index (χ0v) is 15.2. The average Bonchev–Trinajstić information content (AvgIpc) is 2.88. The van der Waals surface area contributed by atoms with Crippen molar-refractivity contribution in [2.75, 3.05) is 7.11 Å². The Morgan fingerprint density at radius 2 is 2.12 bits per heavy atom. The van der Waals surface area contributed by atoms with E-state index in [1.165, 1.54) is 29.5 Å². The Morgan fingerprint density at radius 1 is 1.32 bits per heavy atom. The molecule has 0 saturated heterocycles. The molecule has 7 heteroatoms. The van der Waals surface area contributed by atoms with Crippen LogP contribution in [0, 0.1) is 5.92 Å². The predicted octanol–water partition coefficient (Wildman–Crippen LogP) is 1.41. The smallest absolute Gasteiger partial charge is 0.345 e. The van der Waals surface area contributed by atoms with Gasteiger partial charge in [0.2, 0.25) is 5.88 Å². The van der Waals surface area contributed by atoms with Gasteiger partial charge in [0.25, 0.3) is 0 Å². The van der Waals surface area contributed by atoms with Gasteiger partial charge in [-0.3, -0.25) is 4.57 Å². The summed E-state index contributed by atoms with van der Waals surface area (Å²) in [5.74, 6) is 2.01. The molecular weight excluding hydrogens is 318 g/mol. The quantitative estimate of drug-likeness (QED) is 0.857. The largest absolute Gasteiger partial charge is 0.481 e. The van der Waals surface area contributed by atoms with Crippen molar-refractivity contribution in [2.45, 2.75) is 44.7 Å². The molecule has 1 fully saturated rings. The molecule has 0 bridgehead atoms. The second kappa shape index (κ2) is 7.82. The fraction of sp³-hybridized carbons (Fsp3) is 0.611. The number of aromatic nitrogens is 4. The lowest BCUT2D eigenvalue weighted by atomic mass is 9.82. The van der Waals surface area contributed by atoms with Gasteiger partial charge in [-0.25, -0.2) is 14.5 Å². The first-order chi connectivity index (χ1) is 12.1. The van der Waals surface area contributed by atoms with Crippen LogP contribution in [0.25, 0.3) is 0 Å². The van der Waals surface area contributed by atoms with E-state index in [0.717, 1.165) is 25.2 Å². The molecule has 2 aromatic heterocycles. The third-order valence-corrected chi connectivity index (χ3v) is 5.15. The SMILES string of the molecule is COc1cc(CN[C@@H]2CCCC[C@@H]2Cc2nn(C)c(=O)n2C)ccn1. The number of ether oxygens (including phenoxy) is 1. The highest BCUT2D eigenvalue weighted by Crippen LogP contribution is 2.27. The van der Waals surface area contributed by atoms with Crippen molar-refractivity contribution in [3.05, 3.63) is 40.2 Å². The summed E-state index contributed by atoms with van der Waals surface area (Å²) in [6, 6.07) is 4.41. The molecule has 0 radical (unpaired) electrons. The van der Waals surface area contributed by atoms with Gasteiger partial charge in [-0.2, -0.15) is 5.10 Å². The van der Waals surface area contributed by atoms with Crippen LogP contribution in [0.15, 0.2) is 23.1 Å². The predicted molar refractivity (Wildman–Crippen MR) is 95.5 cm³/mol. The molecule has 0 spiro atoms. The first-order valence-corrected chi connectivity index (χ1v) is 8.89. The molecule has 0 aliphatic heterocycles. The van der Waals surface area contributed by atoms with E-state index in [2.05, 4.69) is 15.4 Å². The second-order valence-corrected chi connectivity index (χ2v) is 6.82. The van der Waals surface area contributed by atoms with Gasteiger partial charge >= 0.3 is 5.69 Å². The van der Waals surface area contributed by atoms with Crippen LogP contribution in [0.1, 0.15) is 37.1 Å². The Hall–Kier alpha value is -2.15. The van der Waals surface area contributed by atoms with Gasteiger partial charge in [0.15, 0.2) is 0 Å². The van der Waals surface area contributed by atoms with Gasteiger partial charge in [0, 0.05) is 45.4 Å². The third-order valence-electron chi connectivity index (χ3n) is 5.15. The lowest BCUT2D eigenvalue weighted by molar-refractivity contribution is 0.254. The molecule has 2 heterocycles. The number of aryl methyl sites for hydroxylation is 1. The molecule has 25 heavy (non-hydrogen) atoms. The highest BCUT2D eigenvalue weighted by molar-refractivity contribution is 5.20. The van der Waals surface area contributed by atoms with Gasteiger partial charge in [0.1, 0.15) is 5.82 Å². The van der Waals surface area contributed by atoms with Crippen LogP contribution in [0.5, 0.6) is 5.88 Å². The summed E-state index contributed by atoms with van der Waals surface area (Å²) in [6.07, 6.45) is 7.43. The summed E-state index contributed by atoms with van der Waals surface area (Å²) in [5.41, 5.74) is 1.11. The molecule has 136 valence electrons. The van der Waals surface area contributed by atoms with Crippen molar-refractivity contribution in [3.8, 4) is 5.88 Å². The molecule has 1 aliphatic carbocycles. The minimum absolute atomic E-state index is 0.0563. The molecule has 3 rings (SSSR count). The van der Waals surface area contributed by atoms with Crippen molar-refractivity contribution in [3.63, 3.8) is 0 Å². The molecule has 0 amide bonds. The summed E-state index contributed by atoms with van der Waals surface area (Å²) in [5, 5.41) is 8.09. The number of hydrogen-bond donors (Lipinski definition) is 1. The van der Waals surface area contributed by atoms with Gasteiger partial charge in [0.05, 0.1) is 7.11 Å². The Balaban J connectivity index is 1.66. The zero-order valence-electron chi connectivity index (χ0n) is 15.2. The van der Waals surface area contributed by atoms with E-state index in [9.17, 15) is 4.79 Å². The summed E-state index contributed by atoms with van der Waals surface area (Å²) >= 11 is 0. The van der Waals surface area contributed by atoms with Gasteiger partial charge in [-0.1, -0.05) is 12.8 Å². The van der Waals surface area contributed by atoms with Gasteiger partial charge < -0.3 is 10.1 Å². The van der Waals surface area contributed by atoms with E-state index in [0.29, 0.717) is 17.8 Å². The average molecular weight is 345 g/mol. The minimum Gasteiger partial charge on any atom is -0.481 e. The van der Waals surface area contributed by atoms with Gasteiger partial charge in [-0.05, 0) is 30.4 Å². The molecule has 2 aromatic rings. The number of nitrogens with zero attached hydrogens (tertiary/aromatic N) is 4. The topological polar surface area (TPSA) is 74.0 Å². The minimum atomic E-state index is -0.0563. The maximum atomic E-state index is 11.9. The van der Waals surface area contributed by atoms with Crippen LogP contribution in [0.3, 0.4) is 0 Å². The Morgan fingerprint density at radius 3 is 2.84 bits per heavy atom. The van der Waals surface area contributed by atoms with Gasteiger partial charge in [-0.15, -0.1) is 0 Å². The molecule has 1 saturated carbocycles. The number of nitrogens with one attached hydrogen (secondary N) is 1. The summed E-state index contributed by atoms with van der Waals surface area (Å²) < 4.78 is 8.28. The van der Waals surface area contributed by atoms with Crippen molar-refractivity contribution in [1.82, 2.24) is 24.6 Å². The maximum absolute atomic E-state index is 11.9. The molecule has 0 aromatic carbocycles. The van der Waals surface area contributed by atoms with Crippen LogP contribution in [-0.2, 0) is 27.1 Å². The van der Waals surface area contributed by atoms with Crippen molar-refractivity contribution >= 4 is 0 Å². The Labute approximate surface area is 148 Å². The molecule has 7 nitrogen and oxygen atoms in total. The number of hydrogen-bond acceptors (Lipinski definition) is 5. The van der Waals surface area contributed by atoms with E-state index in [-0.39, 0.29) is 5.69 Å². The normalized spacial score (nSPS) is 20.6. The highest BCUT2D eigenvalue weighted by atomic mass is 16.5. The Kier molecular flexibility index (Phi) is 5.53. The van der Waals surface area contributed by atoms with Crippen molar-refractivity contribution in [2.24, 2.45) is 20.0 Å². The lowest BCUT2D eigenvalue weighted by Crippen LogP contribution is -2.39. The maximum Gasteiger partial charge on any atom is 0.345 e. The van der Waals surface area contributed by atoms with Crippen LogP contribution < -0.4 is 15.7 Å². The number of rotatable bonds is 6.